The third kappa shape index (κ3) is 3.82. The summed E-state index contributed by atoms with van der Waals surface area (Å²) in [5.41, 5.74) is 3.56. The van der Waals surface area contributed by atoms with Crippen LogP contribution in [-0.4, -0.2) is 19.1 Å². The highest BCUT2D eigenvalue weighted by atomic mass is 19.1. The molecule has 0 aromatic heterocycles. The molecule has 3 rings (SSSR count). The zero-order valence-electron chi connectivity index (χ0n) is 15.6. The van der Waals surface area contributed by atoms with Crippen LogP contribution in [0, 0.1) is 12.7 Å². The van der Waals surface area contributed by atoms with Crippen LogP contribution in [0.5, 0.6) is 0 Å². The van der Waals surface area contributed by atoms with Gasteiger partial charge < -0.3 is 15.5 Å². The van der Waals surface area contributed by atoms with E-state index in [1.54, 1.807) is 12.1 Å². The molecule has 4 nitrogen and oxygen atoms in total. The van der Waals surface area contributed by atoms with E-state index in [0.29, 0.717) is 0 Å². The van der Waals surface area contributed by atoms with Gasteiger partial charge in [0.15, 0.2) is 0 Å². The molecule has 26 heavy (non-hydrogen) atoms. The normalized spacial score (nSPS) is 14.6. The molecule has 0 spiro atoms. The molecule has 0 bridgehead atoms. The van der Waals surface area contributed by atoms with E-state index in [1.165, 1.54) is 12.1 Å². The molecule has 1 saturated carbocycles. The largest absolute Gasteiger partial charge is 0.372 e. The van der Waals surface area contributed by atoms with Crippen LogP contribution in [0.3, 0.4) is 0 Å². The predicted octanol–water partition coefficient (Wildman–Crippen LogP) is 4.79. The molecule has 0 heterocycles. The van der Waals surface area contributed by atoms with Gasteiger partial charge in [-0.15, -0.1) is 0 Å². The Morgan fingerprint density at radius 2 is 1.77 bits per heavy atom. The third-order valence-electron chi connectivity index (χ3n) is 5.09. The van der Waals surface area contributed by atoms with Crippen molar-refractivity contribution < 1.29 is 9.18 Å². The van der Waals surface area contributed by atoms with Crippen molar-refractivity contribution in [2.24, 2.45) is 0 Å². The summed E-state index contributed by atoms with van der Waals surface area (Å²) >= 11 is 0. The molecule has 0 saturated heterocycles. The van der Waals surface area contributed by atoms with Crippen LogP contribution in [0.25, 0.3) is 0 Å². The predicted molar refractivity (Wildman–Crippen MR) is 104 cm³/mol. The number of anilines is 2. The highest BCUT2D eigenvalue weighted by molar-refractivity contribution is 5.91. The van der Waals surface area contributed by atoms with Crippen LogP contribution in [0.2, 0.25) is 0 Å². The number of carbonyl (C=O) groups excluding carboxylic acids is 1. The highest BCUT2D eigenvalue weighted by Gasteiger charge is 2.45. The van der Waals surface area contributed by atoms with Gasteiger partial charge in [0, 0.05) is 24.5 Å². The summed E-state index contributed by atoms with van der Waals surface area (Å²) in [7, 11) is 0. The van der Waals surface area contributed by atoms with E-state index < -0.39 is 0 Å². The first kappa shape index (κ1) is 18.2. The van der Waals surface area contributed by atoms with E-state index in [4.69, 9.17) is 0 Å². The molecule has 5 heteroatoms. The lowest BCUT2D eigenvalue weighted by Crippen LogP contribution is -2.38. The van der Waals surface area contributed by atoms with Gasteiger partial charge in [0.1, 0.15) is 5.82 Å². The average Bonchev–Trinajstić information content (AvgIpc) is 3.39. The van der Waals surface area contributed by atoms with E-state index >= 15 is 0 Å². The van der Waals surface area contributed by atoms with Crippen molar-refractivity contribution in [1.29, 1.82) is 0 Å². The van der Waals surface area contributed by atoms with Gasteiger partial charge in [-0.3, -0.25) is 0 Å². The van der Waals surface area contributed by atoms with Crippen molar-refractivity contribution >= 4 is 17.4 Å². The number of nitrogens with zero attached hydrogens (tertiary/aromatic N) is 1. The Kier molecular flexibility index (Phi) is 5.16. The van der Waals surface area contributed by atoms with Crippen LogP contribution in [0.1, 0.15) is 37.8 Å². The number of halogens is 1. The second-order valence-corrected chi connectivity index (χ2v) is 6.84. The zero-order chi connectivity index (χ0) is 18.7. The maximum Gasteiger partial charge on any atom is 0.319 e. The molecule has 1 aliphatic carbocycles. The average molecular weight is 355 g/mol. The monoisotopic (exact) mass is 355 g/mol. The summed E-state index contributed by atoms with van der Waals surface area (Å²) in [5.74, 6) is -0.266. The summed E-state index contributed by atoms with van der Waals surface area (Å²) in [6.07, 6.45) is 1.73. The first-order valence-electron chi connectivity index (χ1n) is 9.18. The Morgan fingerprint density at radius 3 is 2.31 bits per heavy atom. The molecule has 1 aliphatic rings. The van der Waals surface area contributed by atoms with E-state index in [-0.39, 0.29) is 17.4 Å². The van der Waals surface area contributed by atoms with Gasteiger partial charge in [-0.25, -0.2) is 9.18 Å². The fraction of sp³-hybridized carbons (Fsp3) is 0.381. The minimum absolute atomic E-state index is 0.231. The van der Waals surface area contributed by atoms with Gasteiger partial charge >= 0.3 is 6.03 Å². The summed E-state index contributed by atoms with van der Waals surface area (Å²) in [5, 5.41) is 6.00. The van der Waals surface area contributed by atoms with Crippen LogP contribution in [-0.2, 0) is 5.54 Å². The molecule has 0 unspecified atom stereocenters. The quantitative estimate of drug-likeness (QED) is 0.782. The highest BCUT2D eigenvalue weighted by Crippen LogP contribution is 2.45. The van der Waals surface area contributed by atoms with Crippen molar-refractivity contribution in [3.8, 4) is 0 Å². The van der Waals surface area contributed by atoms with E-state index in [2.05, 4.69) is 35.4 Å². The maximum absolute atomic E-state index is 13.1. The fourth-order valence-corrected chi connectivity index (χ4v) is 3.32. The van der Waals surface area contributed by atoms with Gasteiger partial charge in [-0.2, -0.15) is 0 Å². The molecular weight excluding hydrogens is 329 g/mol. The lowest BCUT2D eigenvalue weighted by atomic mass is 10.1. The molecule has 1 fully saturated rings. The lowest BCUT2D eigenvalue weighted by Gasteiger charge is -2.23. The second-order valence-electron chi connectivity index (χ2n) is 6.84. The molecule has 2 N–H and O–H groups in total. The zero-order valence-corrected chi connectivity index (χ0v) is 15.6. The van der Waals surface area contributed by atoms with Gasteiger partial charge in [-0.1, -0.05) is 12.1 Å². The van der Waals surface area contributed by atoms with Gasteiger partial charge in [-0.05, 0) is 75.1 Å². The summed E-state index contributed by atoms with van der Waals surface area (Å²) in [6.45, 7) is 8.15. The fourth-order valence-electron chi connectivity index (χ4n) is 3.32. The number of carbonyl (C=O) groups is 1. The molecule has 0 aliphatic heterocycles. The van der Waals surface area contributed by atoms with Crippen LogP contribution in [0.4, 0.5) is 20.6 Å². The minimum Gasteiger partial charge on any atom is -0.372 e. The number of rotatable bonds is 6. The van der Waals surface area contributed by atoms with Crippen LogP contribution < -0.4 is 15.5 Å². The number of nitrogens with one attached hydrogen (secondary N) is 2. The van der Waals surface area contributed by atoms with Crippen LogP contribution in [0.15, 0.2) is 42.5 Å². The number of amides is 2. The summed E-state index contributed by atoms with van der Waals surface area (Å²) < 4.78 is 13.1. The summed E-state index contributed by atoms with van der Waals surface area (Å²) in [4.78, 5) is 14.8. The number of benzene rings is 2. The van der Waals surface area contributed by atoms with Crippen molar-refractivity contribution in [2.45, 2.75) is 39.2 Å². The molecule has 138 valence electrons. The van der Waals surface area contributed by atoms with Gasteiger partial charge in [0.2, 0.25) is 0 Å². The Hall–Kier alpha value is -2.56. The number of aryl methyl sites for hydroxylation is 1. The van der Waals surface area contributed by atoms with Crippen molar-refractivity contribution in [2.75, 3.05) is 23.3 Å². The Labute approximate surface area is 154 Å². The molecule has 2 aromatic carbocycles. The Bertz CT molecular complexity index is 780. The molecule has 2 amide bonds. The van der Waals surface area contributed by atoms with Crippen molar-refractivity contribution in [1.82, 2.24) is 5.32 Å². The van der Waals surface area contributed by atoms with Crippen LogP contribution >= 0.6 is 0 Å². The summed E-state index contributed by atoms with van der Waals surface area (Å²) in [6, 6.07) is 12.2. The van der Waals surface area contributed by atoms with E-state index in [9.17, 15) is 9.18 Å². The topological polar surface area (TPSA) is 44.4 Å². The molecule has 0 radical (unpaired) electrons. The van der Waals surface area contributed by atoms with Gasteiger partial charge in [0.25, 0.3) is 0 Å². The first-order valence-corrected chi connectivity index (χ1v) is 9.18. The van der Waals surface area contributed by atoms with Crippen molar-refractivity contribution in [3.63, 3.8) is 0 Å². The maximum atomic E-state index is 13.1. The third-order valence-corrected chi connectivity index (χ3v) is 5.09. The number of urea groups is 1. The molecule has 0 atom stereocenters. The molecule has 2 aromatic rings. The van der Waals surface area contributed by atoms with Gasteiger partial charge in [0.05, 0.1) is 5.54 Å². The minimum atomic E-state index is -0.368. The SMILES string of the molecule is CCN(CC)c1ccc(NC(=O)NC2(c3ccc(F)cc3)CC2)c(C)c1. The van der Waals surface area contributed by atoms with E-state index in [0.717, 1.165) is 48.4 Å². The van der Waals surface area contributed by atoms with E-state index in [1.807, 2.05) is 19.1 Å². The molecular formula is C21H26FN3O. The second kappa shape index (κ2) is 7.36. The Balaban J connectivity index is 1.68. The Morgan fingerprint density at radius 1 is 1.12 bits per heavy atom. The lowest BCUT2D eigenvalue weighted by molar-refractivity contribution is 0.247. The number of hydrogen-bond donors (Lipinski definition) is 2. The first-order chi connectivity index (χ1) is 12.5. The van der Waals surface area contributed by atoms with Crippen molar-refractivity contribution in [3.05, 3.63) is 59.4 Å². The standard InChI is InChI=1S/C21H26FN3O/c1-4-25(5-2)18-10-11-19(15(3)14-18)23-20(26)24-21(12-13-21)16-6-8-17(22)9-7-16/h6-11,14H,4-5,12-13H2,1-3H3,(H2,23,24,26). The number of hydrogen-bond acceptors (Lipinski definition) is 2. The smallest absolute Gasteiger partial charge is 0.319 e.